The maximum absolute atomic E-state index is 12.0. The number of carbonyl (C=O) groups excluding carboxylic acids is 1. The van der Waals surface area contributed by atoms with Crippen LogP contribution in [0.1, 0.15) is 57.8 Å². The van der Waals surface area contributed by atoms with E-state index in [1.807, 2.05) is 6.08 Å². The Balaban J connectivity index is 2.14. The van der Waals surface area contributed by atoms with E-state index in [1.165, 1.54) is 25.7 Å². The van der Waals surface area contributed by atoms with Crippen LogP contribution in [0.25, 0.3) is 0 Å². The van der Waals surface area contributed by atoms with E-state index in [1.54, 1.807) is 6.08 Å². The van der Waals surface area contributed by atoms with Gasteiger partial charge in [-0.2, -0.15) is 0 Å². The zero-order valence-electron chi connectivity index (χ0n) is 11.2. The number of aliphatic hydroxyl groups is 2. The quantitative estimate of drug-likeness (QED) is 0.417. The van der Waals surface area contributed by atoms with Crippen LogP contribution in [0, 0.1) is 5.92 Å². The van der Waals surface area contributed by atoms with Gasteiger partial charge in [0.15, 0.2) is 0 Å². The molecule has 104 valence electrons. The van der Waals surface area contributed by atoms with Crippen molar-refractivity contribution in [2.45, 2.75) is 63.9 Å². The van der Waals surface area contributed by atoms with Crippen LogP contribution in [0.2, 0.25) is 0 Å². The third-order valence-corrected chi connectivity index (χ3v) is 3.65. The largest absolute Gasteiger partial charge is 0.393 e. The molecule has 0 heterocycles. The molecule has 0 bridgehead atoms. The molecule has 0 aliphatic heterocycles. The summed E-state index contributed by atoms with van der Waals surface area (Å²) in [5.74, 6) is 0.729. The number of aliphatic hydroxyl groups excluding tert-OH is 2. The van der Waals surface area contributed by atoms with Crippen molar-refractivity contribution in [1.82, 2.24) is 0 Å². The molecular formula is C15H26O3. The van der Waals surface area contributed by atoms with E-state index >= 15 is 0 Å². The summed E-state index contributed by atoms with van der Waals surface area (Å²) < 4.78 is 0. The third-order valence-electron chi connectivity index (χ3n) is 3.65. The van der Waals surface area contributed by atoms with Gasteiger partial charge in [-0.05, 0) is 25.7 Å². The normalized spacial score (nSPS) is 19.9. The minimum Gasteiger partial charge on any atom is -0.393 e. The van der Waals surface area contributed by atoms with E-state index in [9.17, 15) is 4.79 Å². The minimum absolute atomic E-state index is 0.239. The molecule has 1 atom stereocenters. The molecule has 0 aromatic carbocycles. The van der Waals surface area contributed by atoms with Crippen LogP contribution < -0.4 is 0 Å². The van der Waals surface area contributed by atoms with Crippen LogP contribution in [0.5, 0.6) is 0 Å². The van der Waals surface area contributed by atoms with Gasteiger partial charge in [0, 0.05) is 12.3 Å². The van der Waals surface area contributed by atoms with Gasteiger partial charge in [0.1, 0.15) is 5.78 Å². The first-order chi connectivity index (χ1) is 8.74. The zero-order valence-corrected chi connectivity index (χ0v) is 11.2. The van der Waals surface area contributed by atoms with Crippen molar-refractivity contribution in [3.05, 3.63) is 12.2 Å². The third kappa shape index (κ3) is 6.31. The number of unbranched alkanes of at least 4 members (excludes halogenated alkanes) is 1. The first kappa shape index (κ1) is 15.4. The summed E-state index contributed by atoms with van der Waals surface area (Å²) in [5, 5.41) is 17.7. The van der Waals surface area contributed by atoms with Gasteiger partial charge in [-0.25, -0.2) is 0 Å². The summed E-state index contributed by atoms with van der Waals surface area (Å²) >= 11 is 0. The summed E-state index contributed by atoms with van der Waals surface area (Å²) in [6.07, 6.45) is 12.1. The number of Topliss-reactive ketones (excluding diaryl/α,β-unsaturated/α-hetero) is 1. The van der Waals surface area contributed by atoms with Crippen LogP contribution >= 0.6 is 0 Å². The molecule has 0 spiro atoms. The Morgan fingerprint density at radius 3 is 2.50 bits per heavy atom. The van der Waals surface area contributed by atoms with Crippen molar-refractivity contribution in [3.63, 3.8) is 0 Å². The Kier molecular flexibility index (Phi) is 7.94. The highest BCUT2D eigenvalue weighted by Crippen LogP contribution is 2.25. The molecule has 3 heteroatoms. The molecule has 1 aliphatic carbocycles. The number of hydrogen-bond acceptors (Lipinski definition) is 3. The fraction of sp³-hybridized carbons (Fsp3) is 0.800. The van der Waals surface area contributed by atoms with Crippen molar-refractivity contribution >= 4 is 5.78 Å². The molecule has 0 aromatic heterocycles. The van der Waals surface area contributed by atoms with Crippen molar-refractivity contribution in [3.8, 4) is 0 Å². The lowest BCUT2D eigenvalue weighted by atomic mass is 9.92. The van der Waals surface area contributed by atoms with Gasteiger partial charge < -0.3 is 10.2 Å². The van der Waals surface area contributed by atoms with Gasteiger partial charge >= 0.3 is 0 Å². The molecule has 0 amide bonds. The second kappa shape index (κ2) is 9.29. The average Bonchev–Trinajstić information content (AvgIpc) is 2.66. The topological polar surface area (TPSA) is 57.5 Å². The highest BCUT2D eigenvalue weighted by Gasteiger charge is 2.18. The van der Waals surface area contributed by atoms with E-state index in [2.05, 4.69) is 0 Å². The first-order valence-electron chi connectivity index (χ1n) is 7.22. The molecule has 0 saturated heterocycles. The lowest BCUT2D eigenvalue weighted by Crippen LogP contribution is -2.13. The lowest BCUT2D eigenvalue weighted by molar-refractivity contribution is -0.123. The molecule has 2 N–H and O–H groups in total. The Bertz CT molecular complexity index is 252. The average molecular weight is 254 g/mol. The number of carbonyl (C=O) groups is 1. The standard InChI is InChI=1S/C15H26O3/c16-12-14(17)10-6-3-7-11-15(18)13-8-4-1-2-5-9-13/h6,10,13-14,16-17H,1-5,7-9,11-12H2/b10-6+/t14-/m0/s1. The predicted octanol–water partition coefficient (Wildman–Crippen LogP) is 2.61. The van der Waals surface area contributed by atoms with Crippen molar-refractivity contribution in [2.24, 2.45) is 5.92 Å². The molecule has 3 nitrogen and oxygen atoms in total. The van der Waals surface area contributed by atoms with Crippen LogP contribution in [0.3, 0.4) is 0 Å². The second-order valence-corrected chi connectivity index (χ2v) is 5.23. The Morgan fingerprint density at radius 1 is 1.22 bits per heavy atom. The van der Waals surface area contributed by atoms with Gasteiger partial charge in [-0.3, -0.25) is 4.79 Å². The summed E-state index contributed by atoms with van der Waals surface area (Å²) in [4.78, 5) is 12.0. The van der Waals surface area contributed by atoms with Gasteiger partial charge in [0.05, 0.1) is 12.7 Å². The second-order valence-electron chi connectivity index (χ2n) is 5.23. The highest BCUT2D eigenvalue weighted by molar-refractivity contribution is 5.80. The van der Waals surface area contributed by atoms with E-state index in [0.29, 0.717) is 18.1 Å². The van der Waals surface area contributed by atoms with Gasteiger partial charge in [0.25, 0.3) is 0 Å². The number of ketones is 1. The highest BCUT2D eigenvalue weighted by atomic mass is 16.3. The van der Waals surface area contributed by atoms with Crippen molar-refractivity contribution in [2.75, 3.05) is 6.61 Å². The van der Waals surface area contributed by atoms with E-state index in [4.69, 9.17) is 10.2 Å². The smallest absolute Gasteiger partial charge is 0.135 e. The lowest BCUT2D eigenvalue weighted by Gasteiger charge is -2.11. The Hall–Kier alpha value is -0.670. The van der Waals surface area contributed by atoms with Crippen LogP contribution in [0.4, 0.5) is 0 Å². The van der Waals surface area contributed by atoms with E-state index < -0.39 is 6.10 Å². The van der Waals surface area contributed by atoms with E-state index in [-0.39, 0.29) is 6.61 Å². The maximum Gasteiger partial charge on any atom is 0.135 e. The molecular weight excluding hydrogens is 228 g/mol. The number of allylic oxidation sites excluding steroid dienone is 1. The monoisotopic (exact) mass is 254 g/mol. The van der Waals surface area contributed by atoms with Crippen LogP contribution in [-0.2, 0) is 4.79 Å². The molecule has 0 unspecified atom stereocenters. The Morgan fingerprint density at radius 2 is 1.89 bits per heavy atom. The van der Waals surface area contributed by atoms with E-state index in [0.717, 1.165) is 25.7 Å². The molecule has 1 rings (SSSR count). The Labute approximate surface area is 110 Å². The zero-order chi connectivity index (χ0) is 13.2. The molecule has 0 radical (unpaired) electrons. The molecule has 18 heavy (non-hydrogen) atoms. The van der Waals surface area contributed by atoms with Crippen molar-refractivity contribution < 1.29 is 15.0 Å². The molecule has 1 aliphatic rings. The summed E-state index contributed by atoms with van der Waals surface area (Å²) in [6, 6.07) is 0. The minimum atomic E-state index is -0.762. The molecule has 1 saturated carbocycles. The SMILES string of the molecule is O=C(CCC/C=C/[C@H](O)CO)C1CCCCCC1. The predicted molar refractivity (Wildman–Crippen MR) is 72.3 cm³/mol. The summed E-state index contributed by atoms with van der Waals surface area (Å²) in [7, 11) is 0. The fourth-order valence-electron chi connectivity index (χ4n) is 2.51. The van der Waals surface area contributed by atoms with Gasteiger partial charge in [-0.15, -0.1) is 0 Å². The summed E-state index contributed by atoms with van der Waals surface area (Å²) in [6.45, 7) is -0.239. The molecule has 1 fully saturated rings. The first-order valence-corrected chi connectivity index (χ1v) is 7.22. The maximum atomic E-state index is 12.0. The van der Waals surface area contributed by atoms with Crippen LogP contribution in [0.15, 0.2) is 12.2 Å². The van der Waals surface area contributed by atoms with Crippen molar-refractivity contribution in [1.29, 1.82) is 0 Å². The number of rotatable bonds is 7. The molecule has 0 aromatic rings. The summed E-state index contributed by atoms with van der Waals surface area (Å²) in [5.41, 5.74) is 0. The van der Waals surface area contributed by atoms with Crippen LogP contribution in [-0.4, -0.2) is 28.7 Å². The van der Waals surface area contributed by atoms with Gasteiger partial charge in [-0.1, -0.05) is 37.8 Å². The van der Waals surface area contributed by atoms with Gasteiger partial charge in [0.2, 0.25) is 0 Å². The number of hydrogen-bond donors (Lipinski definition) is 2. The fourth-order valence-corrected chi connectivity index (χ4v) is 2.51.